The van der Waals surface area contributed by atoms with Gasteiger partial charge in [-0.15, -0.1) is 5.10 Å². The van der Waals surface area contributed by atoms with E-state index in [1.54, 1.807) is 6.20 Å². The fraction of sp³-hybridized carbons (Fsp3) is 0. The highest BCUT2D eigenvalue weighted by Crippen LogP contribution is 2.29. The number of nitrogens with zero attached hydrogens (tertiary/aromatic N) is 5. The van der Waals surface area contributed by atoms with E-state index in [-0.39, 0.29) is 11.6 Å². The summed E-state index contributed by atoms with van der Waals surface area (Å²) in [6.07, 6.45) is 6.23. The van der Waals surface area contributed by atoms with Gasteiger partial charge < -0.3 is 10.6 Å². The van der Waals surface area contributed by atoms with Crippen molar-refractivity contribution in [2.45, 2.75) is 0 Å². The third kappa shape index (κ3) is 3.61. The Hall–Kier alpha value is -5.05. The summed E-state index contributed by atoms with van der Waals surface area (Å²) < 4.78 is 1.85. The summed E-state index contributed by atoms with van der Waals surface area (Å²) in [6.45, 7) is 0. The number of hydrogen-bond acceptors (Lipinski definition) is 6. The summed E-state index contributed by atoms with van der Waals surface area (Å²) >= 11 is 0. The second kappa shape index (κ2) is 8.14. The molecule has 0 aliphatic heterocycles. The van der Waals surface area contributed by atoms with Crippen LogP contribution in [0.4, 0.5) is 17.2 Å². The van der Waals surface area contributed by atoms with Crippen LogP contribution in [0.25, 0.3) is 27.5 Å². The van der Waals surface area contributed by atoms with E-state index in [4.69, 9.17) is 5.10 Å². The molecule has 0 aliphatic carbocycles. The fourth-order valence-electron chi connectivity index (χ4n) is 3.84. The second-order valence-corrected chi connectivity index (χ2v) is 7.67. The van der Waals surface area contributed by atoms with Gasteiger partial charge in [-0.1, -0.05) is 18.2 Å². The van der Waals surface area contributed by atoms with E-state index in [9.17, 15) is 4.79 Å². The fourth-order valence-corrected chi connectivity index (χ4v) is 3.84. The van der Waals surface area contributed by atoms with Gasteiger partial charge in [0.1, 0.15) is 5.69 Å². The zero-order chi connectivity index (χ0) is 22.9. The molecule has 164 valence electrons. The van der Waals surface area contributed by atoms with E-state index >= 15 is 0 Å². The molecule has 0 bridgehead atoms. The molecular formula is C25H18N8O. The van der Waals surface area contributed by atoms with Gasteiger partial charge >= 0.3 is 0 Å². The molecule has 0 spiro atoms. The summed E-state index contributed by atoms with van der Waals surface area (Å²) in [5, 5.41) is 20.2. The van der Waals surface area contributed by atoms with Crippen molar-refractivity contribution in [2.24, 2.45) is 0 Å². The normalized spacial score (nSPS) is 11.1. The maximum Gasteiger partial charge on any atom is 0.275 e. The van der Waals surface area contributed by atoms with Gasteiger partial charge in [-0.2, -0.15) is 5.10 Å². The number of nitrogens with one attached hydrogen (secondary N) is 3. The summed E-state index contributed by atoms with van der Waals surface area (Å²) in [5.41, 5.74) is 4.51. The van der Waals surface area contributed by atoms with Gasteiger partial charge in [-0.3, -0.25) is 14.9 Å². The quantitative estimate of drug-likeness (QED) is 0.354. The molecule has 9 nitrogen and oxygen atoms in total. The Bertz CT molecular complexity index is 1640. The van der Waals surface area contributed by atoms with Crippen molar-refractivity contribution in [1.29, 1.82) is 0 Å². The van der Waals surface area contributed by atoms with E-state index in [2.05, 4.69) is 30.8 Å². The Morgan fingerprint density at radius 1 is 0.912 bits per heavy atom. The lowest BCUT2D eigenvalue weighted by atomic mass is 10.2. The molecule has 3 aromatic heterocycles. The van der Waals surface area contributed by atoms with Gasteiger partial charge in [0.25, 0.3) is 5.91 Å². The lowest BCUT2D eigenvalue weighted by molar-refractivity contribution is 0.102. The number of carbonyl (C=O) groups is 1. The predicted molar refractivity (Wildman–Crippen MR) is 130 cm³/mol. The number of aromatic amines is 1. The first kappa shape index (κ1) is 19.6. The average Bonchev–Trinajstić information content (AvgIpc) is 3.49. The molecular weight excluding hydrogens is 428 g/mol. The maximum atomic E-state index is 12.5. The highest BCUT2D eigenvalue weighted by Gasteiger charge is 2.14. The number of anilines is 3. The van der Waals surface area contributed by atoms with Gasteiger partial charge in [-0.25, -0.2) is 9.67 Å². The van der Waals surface area contributed by atoms with E-state index < -0.39 is 0 Å². The predicted octanol–water partition coefficient (Wildman–Crippen LogP) is 4.69. The van der Waals surface area contributed by atoms with Crippen LogP contribution in [0.15, 0.2) is 91.5 Å². The van der Waals surface area contributed by atoms with Crippen LogP contribution < -0.4 is 10.6 Å². The standard InChI is InChI=1S/C25H18N8O/c34-25(22-15-26-10-11-27-22)30-17-4-3-5-19(13-17)33-23-7-2-1-6-20(23)24(32-33)29-18-8-9-21-16(12-18)14-28-31-21/h1-15H,(H,28,31)(H,29,32)(H,30,34). The maximum absolute atomic E-state index is 12.5. The molecule has 9 heteroatoms. The molecule has 3 heterocycles. The van der Waals surface area contributed by atoms with E-state index in [1.165, 1.54) is 18.6 Å². The Labute approximate surface area is 193 Å². The van der Waals surface area contributed by atoms with Crippen LogP contribution in [-0.2, 0) is 0 Å². The van der Waals surface area contributed by atoms with Crippen LogP contribution in [0.3, 0.4) is 0 Å². The molecule has 34 heavy (non-hydrogen) atoms. The smallest absolute Gasteiger partial charge is 0.275 e. The van der Waals surface area contributed by atoms with Crippen LogP contribution in [-0.4, -0.2) is 35.9 Å². The SMILES string of the molecule is O=C(Nc1cccc(-n2nc(Nc3ccc4[nH]ncc4c3)c3ccccc32)c1)c1cnccn1. The molecule has 0 radical (unpaired) electrons. The zero-order valence-electron chi connectivity index (χ0n) is 17.8. The van der Waals surface area contributed by atoms with Crippen LogP contribution in [0.2, 0.25) is 0 Å². The Kier molecular flexibility index (Phi) is 4.70. The molecule has 1 amide bonds. The molecule has 3 N–H and O–H groups in total. The molecule has 0 fully saturated rings. The zero-order valence-corrected chi connectivity index (χ0v) is 17.8. The number of amides is 1. The van der Waals surface area contributed by atoms with Crippen LogP contribution in [0.5, 0.6) is 0 Å². The molecule has 0 atom stereocenters. The van der Waals surface area contributed by atoms with Gasteiger partial charge in [0, 0.05) is 34.5 Å². The molecule has 0 unspecified atom stereocenters. The molecule has 0 saturated heterocycles. The van der Waals surface area contributed by atoms with Gasteiger partial charge in [0.05, 0.1) is 29.1 Å². The van der Waals surface area contributed by atoms with Crippen molar-refractivity contribution in [3.05, 3.63) is 97.2 Å². The van der Waals surface area contributed by atoms with Gasteiger partial charge in [-0.05, 0) is 48.5 Å². The number of benzene rings is 3. The first-order valence-corrected chi connectivity index (χ1v) is 10.6. The lowest BCUT2D eigenvalue weighted by Crippen LogP contribution is -2.14. The van der Waals surface area contributed by atoms with E-state index in [0.29, 0.717) is 5.69 Å². The molecule has 3 aromatic carbocycles. The van der Waals surface area contributed by atoms with Crippen LogP contribution >= 0.6 is 0 Å². The van der Waals surface area contributed by atoms with Gasteiger partial charge in [0.2, 0.25) is 0 Å². The van der Waals surface area contributed by atoms with Crippen molar-refractivity contribution < 1.29 is 4.79 Å². The monoisotopic (exact) mass is 446 g/mol. The number of para-hydroxylation sites is 1. The first-order valence-electron chi connectivity index (χ1n) is 10.6. The number of fused-ring (bicyclic) bond motifs is 2. The lowest BCUT2D eigenvalue weighted by Gasteiger charge is -2.08. The topological polar surface area (TPSA) is 113 Å². The number of carbonyl (C=O) groups excluding carboxylic acids is 1. The number of rotatable bonds is 5. The van der Waals surface area contributed by atoms with E-state index in [1.807, 2.05) is 71.4 Å². The summed E-state index contributed by atoms with van der Waals surface area (Å²) in [7, 11) is 0. The third-order valence-corrected chi connectivity index (χ3v) is 5.43. The highest BCUT2D eigenvalue weighted by atomic mass is 16.1. The number of hydrogen-bond donors (Lipinski definition) is 3. The van der Waals surface area contributed by atoms with Crippen LogP contribution in [0, 0.1) is 0 Å². The number of aromatic nitrogens is 6. The Morgan fingerprint density at radius 3 is 2.76 bits per heavy atom. The minimum absolute atomic E-state index is 0.249. The van der Waals surface area contributed by atoms with Gasteiger partial charge in [0.15, 0.2) is 5.82 Å². The first-order chi connectivity index (χ1) is 16.7. The number of H-pyrrole nitrogens is 1. The van der Waals surface area contributed by atoms with E-state index in [0.717, 1.165) is 39.0 Å². The van der Waals surface area contributed by atoms with Crippen molar-refractivity contribution in [3.8, 4) is 5.69 Å². The summed E-state index contributed by atoms with van der Waals surface area (Å²) in [6, 6.07) is 21.5. The second-order valence-electron chi connectivity index (χ2n) is 7.67. The largest absolute Gasteiger partial charge is 0.338 e. The average molecular weight is 446 g/mol. The Morgan fingerprint density at radius 2 is 1.85 bits per heavy atom. The van der Waals surface area contributed by atoms with Crippen molar-refractivity contribution in [3.63, 3.8) is 0 Å². The van der Waals surface area contributed by atoms with Crippen molar-refractivity contribution >= 4 is 44.9 Å². The minimum Gasteiger partial charge on any atom is -0.338 e. The summed E-state index contributed by atoms with van der Waals surface area (Å²) in [4.78, 5) is 20.5. The summed E-state index contributed by atoms with van der Waals surface area (Å²) in [5.74, 6) is 0.403. The Balaban J connectivity index is 1.35. The van der Waals surface area contributed by atoms with Crippen molar-refractivity contribution in [1.82, 2.24) is 29.9 Å². The molecule has 6 rings (SSSR count). The third-order valence-electron chi connectivity index (χ3n) is 5.43. The van der Waals surface area contributed by atoms with Crippen LogP contribution in [0.1, 0.15) is 10.5 Å². The highest BCUT2D eigenvalue weighted by molar-refractivity contribution is 6.02. The molecule has 6 aromatic rings. The molecule has 0 aliphatic rings. The molecule has 0 saturated carbocycles. The van der Waals surface area contributed by atoms with Crippen molar-refractivity contribution in [2.75, 3.05) is 10.6 Å². The minimum atomic E-state index is -0.326.